The molecule has 0 aliphatic heterocycles. The van der Waals surface area contributed by atoms with Gasteiger partial charge in [0.05, 0.1) is 0 Å². The fraction of sp³-hybridized carbons (Fsp3) is 0.500. The van der Waals surface area contributed by atoms with E-state index in [9.17, 15) is 0 Å². The van der Waals surface area contributed by atoms with Crippen molar-refractivity contribution in [3.8, 4) is 0 Å². The topological polar surface area (TPSA) is 26.0 Å². The number of nitrogens with one attached hydrogen (secondary N) is 2. The Morgan fingerprint density at radius 3 is 2.17 bits per heavy atom. The number of allylic oxidation sites excluding steroid dienone is 4. The number of rotatable bonds is 3. The standard InChI is InChI=1S/C10H18N2/c1-8(6-9(2)11-4)7-10(3)12-5/h6-7,11H,1-5H3/p+1. The Bertz CT molecular complexity index is 222. The molecule has 0 spiro atoms. The highest BCUT2D eigenvalue weighted by molar-refractivity contribution is 5.88. The van der Waals surface area contributed by atoms with E-state index in [-0.39, 0.29) is 0 Å². The maximum Gasteiger partial charge on any atom is 0.171 e. The lowest BCUT2D eigenvalue weighted by molar-refractivity contribution is -0.419. The first-order valence-corrected chi connectivity index (χ1v) is 4.15. The summed E-state index contributed by atoms with van der Waals surface area (Å²) >= 11 is 0. The molecule has 0 aromatic carbocycles. The highest BCUT2D eigenvalue weighted by atomic mass is 14.8. The van der Waals surface area contributed by atoms with Crippen molar-refractivity contribution in [3.05, 3.63) is 23.4 Å². The summed E-state index contributed by atoms with van der Waals surface area (Å²) < 4.78 is 0. The van der Waals surface area contributed by atoms with E-state index in [2.05, 4.69) is 29.4 Å². The molecule has 0 bridgehead atoms. The van der Waals surface area contributed by atoms with Crippen LogP contribution in [0.5, 0.6) is 0 Å². The van der Waals surface area contributed by atoms with Gasteiger partial charge in [-0.25, -0.2) is 4.99 Å². The molecule has 0 aromatic heterocycles. The van der Waals surface area contributed by atoms with E-state index < -0.39 is 0 Å². The Kier molecular flexibility index (Phi) is 5.09. The summed E-state index contributed by atoms with van der Waals surface area (Å²) in [5.41, 5.74) is 3.59. The van der Waals surface area contributed by atoms with Gasteiger partial charge in [0.15, 0.2) is 5.71 Å². The Balaban J connectivity index is 4.40. The molecule has 0 unspecified atom stereocenters. The zero-order valence-corrected chi connectivity index (χ0v) is 8.65. The molecule has 2 heteroatoms. The molecule has 0 rings (SSSR count). The first kappa shape index (κ1) is 11.0. The minimum absolute atomic E-state index is 1.17. The second-order valence-electron chi connectivity index (χ2n) is 2.90. The van der Waals surface area contributed by atoms with E-state index in [0.717, 1.165) is 0 Å². The van der Waals surface area contributed by atoms with Gasteiger partial charge in [-0.05, 0) is 25.5 Å². The van der Waals surface area contributed by atoms with Gasteiger partial charge in [-0.3, -0.25) is 0 Å². The first-order chi connectivity index (χ1) is 5.60. The van der Waals surface area contributed by atoms with Crippen molar-refractivity contribution in [3.63, 3.8) is 0 Å². The van der Waals surface area contributed by atoms with Crippen LogP contribution in [0.25, 0.3) is 0 Å². The van der Waals surface area contributed by atoms with E-state index in [1.54, 1.807) is 0 Å². The Morgan fingerprint density at radius 2 is 1.75 bits per heavy atom. The maximum absolute atomic E-state index is 3.08. The van der Waals surface area contributed by atoms with Gasteiger partial charge in [-0.15, -0.1) is 0 Å². The second kappa shape index (κ2) is 5.58. The second-order valence-corrected chi connectivity index (χ2v) is 2.90. The zero-order valence-electron chi connectivity index (χ0n) is 8.65. The van der Waals surface area contributed by atoms with Crippen molar-refractivity contribution in [1.29, 1.82) is 0 Å². The fourth-order valence-corrected chi connectivity index (χ4v) is 0.869. The van der Waals surface area contributed by atoms with E-state index >= 15 is 0 Å². The summed E-state index contributed by atoms with van der Waals surface area (Å²) in [5, 5.41) is 3.08. The molecule has 2 nitrogen and oxygen atoms in total. The number of hydrogen-bond acceptors (Lipinski definition) is 1. The molecular weight excluding hydrogens is 148 g/mol. The molecule has 0 atom stereocenters. The van der Waals surface area contributed by atoms with Gasteiger partial charge >= 0.3 is 0 Å². The molecule has 0 aliphatic carbocycles. The SMILES string of the molecule is CNC(C)=CC(C)=CC(C)=[NH+]C. The molecule has 68 valence electrons. The van der Waals surface area contributed by atoms with Crippen molar-refractivity contribution in [2.24, 2.45) is 0 Å². The predicted octanol–water partition coefficient (Wildman–Crippen LogP) is 0.227. The molecule has 0 heterocycles. The maximum atomic E-state index is 3.08. The van der Waals surface area contributed by atoms with Gasteiger partial charge in [0.25, 0.3) is 0 Å². The molecule has 0 saturated carbocycles. The van der Waals surface area contributed by atoms with E-state index in [1.165, 1.54) is 17.0 Å². The van der Waals surface area contributed by atoms with Gasteiger partial charge in [0, 0.05) is 25.7 Å². The molecule has 0 saturated heterocycles. The van der Waals surface area contributed by atoms with Crippen molar-refractivity contribution < 1.29 is 4.99 Å². The van der Waals surface area contributed by atoms with Gasteiger partial charge < -0.3 is 5.32 Å². The van der Waals surface area contributed by atoms with Crippen LogP contribution in [0, 0.1) is 0 Å². The first-order valence-electron chi connectivity index (χ1n) is 4.15. The summed E-state index contributed by atoms with van der Waals surface area (Å²) in [6.45, 7) is 6.18. The average molecular weight is 167 g/mol. The quantitative estimate of drug-likeness (QED) is 0.456. The summed E-state index contributed by atoms with van der Waals surface area (Å²) in [4.78, 5) is 3.08. The summed E-state index contributed by atoms with van der Waals surface area (Å²) in [6, 6.07) is 0. The molecule has 0 aliphatic rings. The van der Waals surface area contributed by atoms with Crippen molar-refractivity contribution in [1.82, 2.24) is 5.32 Å². The van der Waals surface area contributed by atoms with Crippen LogP contribution in [-0.4, -0.2) is 19.8 Å². The largest absolute Gasteiger partial charge is 0.392 e. The third-order valence-electron chi connectivity index (χ3n) is 1.68. The predicted molar refractivity (Wildman–Crippen MR) is 54.1 cm³/mol. The van der Waals surface area contributed by atoms with Gasteiger partial charge in [-0.2, -0.15) is 0 Å². The molecule has 2 N–H and O–H groups in total. The van der Waals surface area contributed by atoms with Crippen LogP contribution in [0.3, 0.4) is 0 Å². The van der Waals surface area contributed by atoms with Gasteiger partial charge in [-0.1, -0.05) is 0 Å². The minimum atomic E-state index is 1.17. The van der Waals surface area contributed by atoms with Crippen LogP contribution in [0.15, 0.2) is 23.4 Å². The Morgan fingerprint density at radius 1 is 1.17 bits per heavy atom. The molecule has 0 amide bonds. The van der Waals surface area contributed by atoms with Crippen LogP contribution in [0.4, 0.5) is 0 Å². The molecule has 0 fully saturated rings. The zero-order chi connectivity index (χ0) is 9.56. The number of hydrogen-bond donors (Lipinski definition) is 2. The van der Waals surface area contributed by atoms with Crippen LogP contribution in [0.1, 0.15) is 20.8 Å². The van der Waals surface area contributed by atoms with E-state index in [1.807, 2.05) is 27.9 Å². The Labute approximate surface area is 75.1 Å². The third-order valence-corrected chi connectivity index (χ3v) is 1.68. The summed E-state index contributed by atoms with van der Waals surface area (Å²) in [5.74, 6) is 0. The lowest BCUT2D eigenvalue weighted by atomic mass is 10.2. The summed E-state index contributed by atoms with van der Waals surface area (Å²) in [6.07, 6.45) is 4.22. The van der Waals surface area contributed by atoms with Crippen LogP contribution >= 0.6 is 0 Å². The fourth-order valence-electron chi connectivity index (χ4n) is 0.869. The monoisotopic (exact) mass is 167 g/mol. The Hall–Kier alpha value is -1.05. The minimum Gasteiger partial charge on any atom is -0.392 e. The van der Waals surface area contributed by atoms with Crippen molar-refractivity contribution in [2.75, 3.05) is 14.1 Å². The van der Waals surface area contributed by atoms with Crippen molar-refractivity contribution in [2.45, 2.75) is 20.8 Å². The average Bonchev–Trinajstić information content (AvgIpc) is 2.03. The van der Waals surface area contributed by atoms with Crippen LogP contribution < -0.4 is 10.3 Å². The third kappa shape index (κ3) is 4.72. The highest BCUT2D eigenvalue weighted by Crippen LogP contribution is 1.97. The van der Waals surface area contributed by atoms with E-state index in [4.69, 9.17) is 0 Å². The molecular formula is C10H19N2+. The smallest absolute Gasteiger partial charge is 0.171 e. The van der Waals surface area contributed by atoms with Crippen molar-refractivity contribution >= 4 is 5.71 Å². The lowest BCUT2D eigenvalue weighted by Gasteiger charge is -1.97. The highest BCUT2D eigenvalue weighted by Gasteiger charge is 1.90. The van der Waals surface area contributed by atoms with Crippen LogP contribution in [0.2, 0.25) is 0 Å². The normalized spacial score (nSPS) is 14.9. The van der Waals surface area contributed by atoms with Gasteiger partial charge in [0.2, 0.25) is 0 Å². The van der Waals surface area contributed by atoms with Crippen LogP contribution in [-0.2, 0) is 0 Å². The molecule has 12 heavy (non-hydrogen) atoms. The summed E-state index contributed by atoms with van der Waals surface area (Å²) in [7, 11) is 3.85. The van der Waals surface area contributed by atoms with Gasteiger partial charge in [0.1, 0.15) is 7.05 Å². The van der Waals surface area contributed by atoms with E-state index in [0.29, 0.717) is 0 Å². The molecule has 0 aromatic rings. The molecule has 0 radical (unpaired) electrons. The lowest BCUT2D eigenvalue weighted by Crippen LogP contribution is -2.66.